The Morgan fingerprint density at radius 2 is 1.69 bits per heavy atom. The predicted octanol–water partition coefficient (Wildman–Crippen LogP) is -3.06. The molecule has 0 radical (unpaired) electrons. The summed E-state index contributed by atoms with van der Waals surface area (Å²) in [5, 5.41) is 36.2. The number of nitrogens with two attached hydrogens (primary N) is 1. The molecule has 0 aromatic rings. The number of Topliss-reactive ketones (excluding diaryl/α,β-unsaturated/α-hetero) is 2. The molecule has 0 aromatic heterocycles. The Kier molecular flexibility index (Phi) is 6.31. The molecule has 0 saturated carbocycles. The number of rotatable bonds is 7. The van der Waals surface area contributed by atoms with E-state index in [0.717, 1.165) is 0 Å². The van der Waals surface area contributed by atoms with Gasteiger partial charge in [-0.15, -0.1) is 0 Å². The number of ketones is 2. The standard InChI is InChI=1S/C9H17NO6/c1-2-4(12)7(14)6(10)9(16)8(15)5(13)3-11/h5-6,8-9,11,13,15-16H,2-3,10H2,1H3/t5-,6+,8-,9-/m1/s1. The number of hydrogen-bond donors (Lipinski definition) is 5. The first-order chi connectivity index (χ1) is 7.36. The molecule has 7 heteroatoms. The predicted molar refractivity (Wildman–Crippen MR) is 53.4 cm³/mol. The lowest BCUT2D eigenvalue weighted by Crippen LogP contribution is -2.54. The van der Waals surface area contributed by atoms with Crippen molar-refractivity contribution in [2.75, 3.05) is 6.61 Å². The molecule has 0 unspecified atom stereocenters. The zero-order valence-electron chi connectivity index (χ0n) is 8.91. The van der Waals surface area contributed by atoms with Crippen LogP contribution in [0.4, 0.5) is 0 Å². The van der Waals surface area contributed by atoms with Crippen molar-refractivity contribution in [3.63, 3.8) is 0 Å². The minimum Gasteiger partial charge on any atom is -0.394 e. The van der Waals surface area contributed by atoms with Gasteiger partial charge in [0.2, 0.25) is 5.78 Å². The van der Waals surface area contributed by atoms with Gasteiger partial charge < -0.3 is 26.2 Å². The third-order valence-corrected chi connectivity index (χ3v) is 2.20. The summed E-state index contributed by atoms with van der Waals surface area (Å²) in [4.78, 5) is 22.2. The van der Waals surface area contributed by atoms with Crippen LogP contribution in [0.25, 0.3) is 0 Å². The van der Waals surface area contributed by atoms with Crippen LogP contribution in [0.3, 0.4) is 0 Å². The highest BCUT2D eigenvalue weighted by Crippen LogP contribution is 2.05. The van der Waals surface area contributed by atoms with E-state index in [1.807, 2.05) is 0 Å². The highest BCUT2D eigenvalue weighted by Gasteiger charge is 2.34. The topological polar surface area (TPSA) is 141 Å². The number of carbonyl (C=O) groups excluding carboxylic acids is 2. The number of aliphatic hydroxyl groups excluding tert-OH is 4. The Balaban J connectivity index is 4.54. The van der Waals surface area contributed by atoms with E-state index < -0.39 is 42.5 Å². The van der Waals surface area contributed by atoms with Crippen LogP contribution in [-0.2, 0) is 9.59 Å². The molecule has 94 valence electrons. The summed E-state index contributed by atoms with van der Waals surface area (Å²) in [6.45, 7) is 0.666. The first-order valence-corrected chi connectivity index (χ1v) is 4.84. The Hall–Kier alpha value is -0.860. The van der Waals surface area contributed by atoms with Crippen molar-refractivity contribution in [2.45, 2.75) is 37.7 Å². The molecular formula is C9H17NO6. The smallest absolute Gasteiger partial charge is 0.217 e. The van der Waals surface area contributed by atoms with Crippen molar-refractivity contribution >= 4 is 11.6 Å². The Morgan fingerprint density at radius 1 is 1.19 bits per heavy atom. The minimum atomic E-state index is -1.80. The van der Waals surface area contributed by atoms with Crippen LogP contribution in [0.5, 0.6) is 0 Å². The van der Waals surface area contributed by atoms with Crippen LogP contribution in [0.15, 0.2) is 0 Å². The molecule has 7 nitrogen and oxygen atoms in total. The van der Waals surface area contributed by atoms with E-state index in [2.05, 4.69) is 0 Å². The fourth-order valence-corrected chi connectivity index (χ4v) is 1.06. The van der Waals surface area contributed by atoms with Gasteiger partial charge in [0, 0.05) is 6.42 Å². The van der Waals surface area contributed by atoms with E-state index in [1.54, 1.807) is 0 Å². The summed E-state index contributed by atoms with van der Waals surface area (Å²) >= 11 is 0. The first kappa shape index (κ1) is 15.1. The van der Waals surface area contributed by atoms with Crippen molar-refractivity contribution in [2.24, 2.45) is 5.73 Å². The lowest BCUT2D eigenvalue weighted by atomic mass is 9.96. The maximum atomic E-state index is 11.2. The summed E-state index contributed by atoms with van der Waals surface area (Å²) in [7, 11) is 0. The molecule has 0 heterocycles. The van der Waals surface area contributed by atoms with Gasteiger partial charge >= 0.3 is 0 Å². The second kappa shape index (κ2) is 6.66. The van der Waals surface area contributed by atoms with Gasteiger partial charge in [0.1, 0.15) is 24.4 Å². The number of carbonyl (C=O) groups is 2. The molecule has 0 bridgehead atoms. The number of hydrogen-bond acceptors (Lipinski definition) is 7. The summed E-state index contributed by atoms with van der Waals surface area (Å²) < 4.78 is 0. The molecule has 6 N–H and O–H groups in total. The van der Waals surface area contributed by atoms with Crippen LogP contribution in [0.2, 0.25) is 0 Å². The van der Waals surface area contributed by atoms with Crippen LogP contribution < -0.4 is 5.73 Å². The van der Waals surface area contributed by atoms with Crippen LogP contribution in [0, 0.1) is 0 Å². The highest BCUT2D eigenvalue weighted by molar-refractivity contribution is 6.39. The van der Waals surface area contributed by atoms with E-state index in [0.29, 0.717) is 0 Å². The van der Waals surface area contributed by atoms with Crippen molar-refractivity contribution in [3.8, 4) is 0 Å². The van der Waals surface area contributed by atoms with Gasteiger partial charge in [-0.2, -0.15) is 0 Å². The van der Waals surface area contributed by atoms with Gasteiger partial charge in [0.05, 0.1) is 6.61 Å². The second-order valence-electron chi connectivity index (χ2n) is 3.40. The molecular weight excluding hydrogens is 218 g/mol. The van der Waals surface area contributed by atoms with E-state index in [4.69, 9.17) is 15.9 Å². The second-order valence-corrected chi connectivity index (χ2v) is 3.40. The average molecular weight is 235 g/mol. The molecule has 0 spiro atoms. The Morgan fingerprint density at radius 3 is 2.06 bits per heavy atom. The first-order valence-electron chi connectivity index (χ1n) is 4.84. The Labute approximate surface area is 92.5 Å². The summed E-state index contributed by atoms with van der Waals surface area (Å²) in [5.74, 6) is -1.78. The van der Waals surface area contributed by atoms with E-state index in [1.165, 1.54) is 6.92 Å². The van der Waals surface area contributed by atoms with Gasteiger partial charge in [0.25, 0.3) is 0 Å². The lowest BCUT2D eigenvalue weighted by Gasteiger charge is -2.25. The summed E-state index contributed by atoms with van der Waals surface area (Å²) in [5.41, 5.74) is 5.26. The minimum absolute atomic E-state index is 0.0576. The Bertz CT molecular complexity index is 256. The SMILES string of the molecule is CCC(=O)C(=O)[C@H](N)[C@@H](O)[C@H](O)[C@H](O)CO. The van der Waals surface area contributed by atoms with Gasteiger partial charge in [-0.25, -0.2) is 0 Å². The molecule has 0 aliphatic carbocycles. The van der Waals surface area contributed by atoms with Gasteiger partial charge in [-0.1, -0.05) is 6.92 Å². The molecule has 0 fully saturated rings. The monoisotopic (exact) mass is 235 g/mol. The average Bonchev–Trinajstić information content (AvgIpc) is 2.32. The zero-order chi connectivity index (χ0) is 12.9. The third kappa shape index (κ3) is 3.62. The summed E-state index contributed by atoms with van der Waals surface area (Å²) in [6.07, 6.45) is -5.26. The molecule has 0 amide bonds. The van der Waals surface area contributed by atoms with E-state index in [9.17, 15) is 19.8 Å². The molecule has 16 heavy (non-hydrogen) atoms. The third-order valence-electron chi connectivity index (χ3n) is 2.20. The lowest BCUT2D eigenvalue weighted by molar-refractivity contribution is -0.142. The van der Waals surface area contributed by atoms with E-state index in [-0.39, 0.29) is 6.42 Å². The maximum Gasteiger partial charge on any atom is 0.217 e. The summed E-state index contributed by atoms with van der Waals surface area (Å²) in [6, 6.07) is -1.61. The van der Waals surface area contributed by atoms with E-state index >= 15 is 0 Å². The van der Waals surface area contributed by atoms with Gasteiger partial charge in [-0.05, 0) is 0 Å². The molecule has 0 aliphatic rings. The molecule has 0 saturated heterocycles. The molecule has 0 aliphatic heterocycles. The highest BCUT2D eigenvalue weighted by atomic mass is 16.4. The number of aliphatic hydroxyl groups is 4. The van der Waals surface area contributed by atoms with Crippen molar-refractivity contribution < 1.29 is 30.0 Å². The maximum absolute atomic E-state index is 11.2. The normalized spacial score (nSPS) is 18.6. The van der Waals surface area contributed by atoms with Crippen LogP contribution in [-0.4, -0.2) is 63.0 Å². The fraction of sp³-hybridized carbons (Fsp3) is 0.778. The fourth-order valence-electron chi connectivity index (χ4n) is 1.06. The van der Waals surface area contributed by atoms with Gasteiger partial charge in [-0.3, -0.25) is 9.59 Å². The largest absolute Gasteiger partial charge is 0.394 e. The molecule has 0 aromatic carbocycles. The van der Waals surface area contributed by atoms with Crippen LogP contribution in [0.1, 0.15) is 13.3 Å². The zero-order valence-corrected chi connectivity index (χ0v) is 8.91. The van der Waals surface area contributed by atoms with Gasteiger partial charge in [0.15, 0.2) is 5.78 Å². The van der Waals surface area contributed by atoms with Crippen molar-refractivity contribution in [1.82, 2.24) is 0 Å². The quantitative estimate of drug-likeness (QED) is 0.295. The molecule has 4 atom stereocenters. The van der Waals surface area contributed by atoms with Crippen molar-refractivity contribution in [3.05, 3.63) is 0 Å². The van der Waals surface area contributed by atoms with Crippen LogP contribution >= 0.6 is 0 Å². The van der Waals surface area contributed by atoms with Crippen molar-refractivity contribution in [1.29, 1.82) is 0 Å². The molecule has 0 rings (SSSR count).